The van der Waals surface area contributed by atoms with E-state index in [1.807, 2.05) is 0 Å². The molecule has 1 aliphatic heterocycles. The van der Waals surface area contributed by atoms with Crippen molar-refractivity contribution in [2.24, 2.45) is 0 Å². The van der Waals surface area contributed by atoms with Crippen molar-refractivity contribution in [3.05, 3.63) is 0 Å². The summed E-state index contributed by atoms with van der Waals surface area (Å²) in [6.07, 6.45) is 1.53. The number of nitrogens with zero attached hydrogens (tertiary/aromatic N) is 1. The number of ether oxygens (including phenoxy) is 2. The van der Waals surface area contributed by atoms with Gasteiger partial charge in [0, 0.05) is 13.2 Å². The average Bonchev–Trinajstić information content (AvgIpc) is 2.60. The fourth-order valence-corrected chi connectivity index (χ4v) is 2.43. The average molecular weight is 231 g/mol. The zero-order chi connectivity index (χ0) is 12.3. The number of hydrogen-bond acceptors (Lipinski definition) is 5. The van der Waals surface area contributed by atoms with Crippen LogP contribution in [-0.4, -0.2) is 54.6 Å². The van der Waals surface area contributed by atoms with Gasteiger partial charge in [0.25, 0.3) is 0 Å². The molecule has 0 spiro atoms. The molecule has 0 amide bonds. The second kappa shape index (κ2) is 5.12. The van der Waals surface area contributed by atoms with E-state index in [-0.39, 0.29) is 18.1 Å². The van der Waals surface area contributed by atoms with E-state index in [1.54, 1.807) is 25.9 Å². The molecule has 1 saturated heterocycles. The van der Waals surface area contributed by atoms with Crippen molar-refractivity contribution in [3.63, 3.8) is 0 Å². The molecule has 1 N–H and O–H groups in total. The number of carbonyl (C=O) groups is 1. The third kappa shape index (κ3) is 2.72. The lowest BCUT2D eigenvalue weighted by atomic mass is 10.2. The first-order valence-corrected chi connectivity index (χ1v) is 5.49. The first-order chi connectivity index (χ1) is 7.41. The Hall–Kier alpha value is -0.650. The maximum atomic E-state index is 11.6. The SMILES string of the molecule is COC[C@H]1CC[C@H](C(=O)OC)N1C(C)(C)O. The van der Waals surface area contributed by atoms with Crippen LogP contribution in [0.4, 0.5) is 0 Å². The summed E-state index contributed by atoms with van der Waals surface area (Å²) >= 11 is 0. The van der Waals surface area contributed by atoms with Crippen LogP contribution < -0.4 is 0 Å². The Bertz CT molecular complexity index is 249. The summed E-state index contributed by atoms with van der Waals surface area (Å²) in [4.78, 5) is 13.4. The zero-order valence-electron chi connectivity index (χ0n) is 10.4. The Labute approximate surface area is 96.3 Å². The van der Waals surface area contributed by atoms with Gasteiger partial charge in [0.2, 0.25) is 0 Å². The Kier molecular flexibility index (Phi) is 4.29. The highest BCUT2D eigenvalue weighted by Gasteiger charge is 2.45. The van der Waals surface area contributed by atoms with Gasteiger partial charge in [0.15, 0.2) is 0 Å². The van der Waals surface area contributed by atoms with Crippen molar-refractivity contribution < 1.29 is 19.4 Å². The van der Waals surface area contributed by atoms with E-state index < -0.39 is 5.72 Å². The van der Waals surface area contributed by atoms with Gasteiger partial charge < -0.3 is 14.6 Å². The number of carbonyl (C=O) groups excluding carboxylic acids is 1. The Morgan fingerprint density at radius 2 is 2.06 bits per heavy atom. The van der Waals surface area contributed by atoms with Crippen LogP contribution in [0.1, 0.15) is 26.7 Å². The number of hydrogen-bond donors (Lipinski definition) is 1. The van der Waals surface area contributed by atoms with Crippen molar-refractivity contribution in [2.75, 3.05) is 20.8 Å². The highest BCUT2D eigenvalue weighted by molar-refractivity contribution is 5.76. The van der Waals surface area contributed by atoms with Crippen LogP contribution in [0.2, 0.25) is 0 Å². The summed E-state index contributed by atoms with van der Waals surface area (Å²) in [6.45, 7) is 3.87. The van der Waals surface area contributed by atoms with E-state index in [1.165, 1.54) is 7.11 Å². The summed E-state index contributed by atoms with van der Waals surface area (Å²) in [5, 5.41) is 10.1. The molecule has 0 aliphatic carbocycles. The summed E-state index contributed by atoms with van der Waals surface area (Å²) in [7, 11) is 2.99. The second-order valence-electron chi connectivity index (χ2n) is 4.63. The highest BCUT2D eigenvalue weighted by Crippen LogP contribution is 2.31. The van der Waals surface area contributed by atoms with E-state index >= 15 is 0 Å². The van der Waals surface area contributed by atoms with Crippen molar-refractivity contribution in [1.82, 2.24) is 4.90 Å². The number of esters is 1. The Morgan fingerprint density at radius 3 is 2.50 bits per heavy atom. The maximum absolute atomic E-state index is 11.6. The molecular formula is C11H21NO4. The molecule has 1 rings (SSSR count). The highest BCUT2D eigenvalue weighted by atomic mass is 16.5. The van der Waals surface area contributed by atoms with E-state index in [0.29, 0.717) is 13.0 Å². The molecular weight excluding hydrogens is 210 g/mol. The Morgan fingerprint density at radius 1 is 1.44 bits per heavy atom. The molecule has 0 aromatic carbocycles. The minimum absolute atomic E-state index is 0.0640. The number of rotatable bonds is 4. The molecule has 94 valence electrons. The fourth-order valence-electron chi connectivity index (χ4n) is 2.43. The molecule has 1 heterocycles. The van der Waals surface area contributed by atoms with Crippen LogP contribution in [0.5, 0.6) is 0 Å². The van der Waals surface area contributed by atoms with Gasteiger partial charge in [0.05, 0.1) is 13.7 Å². The van der Waals surface area contributed by atoms with Crippen LogP contribution in [0.15, 0.2) is 0 Å². The monoisotopic (exact) mass is 231 g/mol. The molecule has 0 saturated carbocycles. The summed E-state index contributed by atoms with van der Waals surface area (Å²) < 4.78 is 9.86. The summed E-state index contributed by atoms with van der Waals surface area (Å²) in [6, 6.07) is -0.306. The predicted octanol–water partition coefficient (Wildman–Crippen LogP) is 0.367. The first kappa shape index (κ1) is 13.4. The van der Waals surface area contributed by atoms with Crippen LogP contribution in [-0.2, 0) is 14.3 Å². The van der Waals surface area contributed by atoms with E-state index in [0.717, 1.165) is 6.42 Å². The topological polar surface area (TPSA) is 59.0 Å². The van der Waals surface area contributed by atoms with Gasteiger partial charge >= 0.3 is 5.97 Å². The van der Waals surface area contributed by atoms with Gasteiger partial charge in [-0.2, -0.15) is 0 Å². The van der Waals surface area contributed by atoms with Gasteiger partial charge in [-0.05, 0) is 26.7 Å². The van der Waals surface area contributed by atoms with E-state index in [4.69, 9.17) is 9.47 Å². The van der Waals surface area contributed by atoms with Gasteiger partial charge in [-0.25, -0.2) is 0 Å². The molecule has 0 aromatic rings. The third-order valence-corrected chi connectivity index (χ3v) is 2.97. The Balaban J connectivity index is 2.84. The molecule has 1 fully saturated rings. The molecule has 2 atom stereocenters. The van der Waals surface area contributed by atoms with Crippen LogP contribution in [0.3, 0.4) is 0 Å². The van der Waals surface area contributed by atoms with Gasteiger partial charge in [-0.3, -0.25) is 9.69 Å². The maximum Gasteiger partial charge on any atom is 0.323 e. The lowest BCUT2D eigenvalue weighted by Crippen LogP contribution is -2.54. The molecule has 0 unspecified atom stereocenters. The number of likely N-dealkylation sites (tertiary alicyclic amines) is 1. The van der Waals surface area contributed by atoms with Crippen molar-refractivity contribution in [1.29, 1.82) is 0 Å². The molecule has 0 radical (unpaired) electrons. The third-order valence-electron chi connectivity index (χ3n) is 2.97. The fraction of sp³-hybridized carbons (Fsp3) is 0.909. The number of methoxy groups -OCH3 is 2. The van der Waals surface area contributed by atoms with E-state index in [2.05, 4.69) is 0 Å². The zero-order valence-corrected chi connectivity index (χ0v) is 10.4. The minimum atomic E-state index is -1.04. The molecule has 0 aromatic heterocycles. The molecule has 5 nitrogen and oxygen atoms in total. The van der Waals surface area contributed by atoms with Gasteiger partial charge in [-0.15, -0.1) is 0 Å². The number of aliphatic hydroxyl groups is 1. The van der Waals surface area contributed by atoms with Crippen molar-refractivity contribution >= 4 is 5.97 Å². The van der Waals surface area contributed by atoms with Gasteiger partial charge in [0.1, 0.15) is 11.8 Å². The minimum Gasteiger partial charge on any atom is -0.468 e. The van der Waals surface area contributed by atoms with Crippen molar-refractivity contribution in [3.8, 4) is 0 Å². The summed E-state index contributed by atoms with van der Waals surface area (Å²) in [5.74, 6) is -0.291. The van der Waals surface area contributed by atoms with Crippen LogP contribution in [0.25, 0.3) is 0 Å². The second-order valence-corrected chi connectivity index (χ2v) is 4.63. The predicted molar refractivity (Wildman–Crippen MR) is 58.8 cm³/mol. The standard InChI is InChI=1S/C11H21NO4/c1-11(2,14)12-8(7-15-3)5-6-9(12)10(13)16-4/h8-9,14H,5-7H2,1-4H3/t8-,9-/m1/s1. The quantitative estimate of drug-likeness (QED) is 0.708. The lowest BCUT2D eigenvalue weighted by Gasteiger charge is -2.38. The van der Waals surface area contributed by atoms with Crippen LogP contribution in [0, 0.1) is 0 Å². The van der Waals surface area contributed by atoms with Crippen LogP contribution >= 0.6 is 0 Å². The molecule has 0 bridgehead atoms. The van der Waals surface area contributed by atoms with Gasteiger partial charge in [-0.1, -0.05) is 0 Å². The lowest BCUT2D eigenvalue weighted by molar-refractivity contribution is -0.162. The molecule has 5 heteroatoms. The first-order valence-electron chi connectivity index (χ1n) is 5.49. The van der Waals surface area contributed by atoms with Crippen molar-refractivity contribution in [2.45, 2.75) is 44.5 Å². The largest absolute Gasteiger partial charge is 0.468 e. The smallest absolute Gasteiger partial charge is 0.323 e. The molecule has 1 aliphatic rings. The summed E-state index contributed by atoms with van der Waals surface area (Å²) in [5.41, 5.74) is -1.04. The van der Waals surface area contributed by atoms with E-state index in [9.17, 15) is 9.90 Å². The normalized spacial score (nSPS) is 27.1. The molecule has 16 heavy (non-hydrogen) atoms.